The van der Waals surface area contributed by atoms with Gasteiger partial charge in [0.25, 0.3) is 0 Å². The monoisotopic (exact) mass is 212 g/mol. The van der Waals surface area contributed by atoms with Gasteiger partial charge in [-0.15, -0.1) is 0 Å². The van der Waals surface area contributed by atoms with Crippen LogP contribution in [0.4, 0.5) is 5.13 Å². The van der Waals surface area contributed by atoms with Crippen LogP contribution in [0.3, 0.4) is 0 Å². The molecule has 1 aromatic heterocycles. The van der Waals surface area contributed by atoms with E-state index in [4.69, 9.17) is 5.73 Å². The minimum Gasteiger partial charge on any atom is -0.347 e. The highest BCUT2D eigenvalue weighted by atomic mass is 32.1. The maximum Gasteiger partial charge on any atom is 0.204 e. The fourth-order valence-electron chi connectivity index (χ4n) is 1.97. The predicted octanol–water partition coefficient (Wildman–Crippen LogP) is 1.24. The Morgan fingerprint density at radius 2 is 2.14 bits per heavy atom. The molecule has 1 aromatic rings. The summed E-state index contributed by atoms with van der Waals surface area (Å²) in [7, 11) is 2.10. The van der Waals surface area contributed by atoms with Gasteiger partial charge >= 0.3 is 0 Å². The Bertz CT molecular complexity index is 266. The summed E-state index contributed by atoms with van der Waals surface area (Å²) in [6, 6.07) is 1.01. The lowest BCUT2D eigenvalue weighted by molar-refractivity contribution is 0.385. The van der Waals surface area contributed by atoms with Gasteiger partial charge in [0, 0.05) is 30.7 Å². The van der Waals surface area contributed by atoms with Gasteiger partial charge in [-0.25, -0.2) is 4.98 Å². The third-order valence-corrected chi connectivity index (χ3v) is 3.70. The lowest BCUT2D eigenvalue weighted by atomic mass is 9.91. The van der Waals surface area contributed by atoms with Crippen molar-refractivity contribution in [3.8, 4) is 0 Å². The van der Waals surface area contributed by atoms with E-state index in [2.05, 4.69) is 21.3 Å². The average Bonchev–Trinajstić information content (AvgIpc) is 2.71. The van der Waals surface area contributed by atoms with Crippen LogP contribution in [-0.4, -0.2) is 28.5 Å². The Labute approximate surface area is 88.3 Å². The molecule has 0 bridgehead atoms. The quantitative estimate of drug-likeness (QED) is 0.801. The largest absolute Gasteiger partial charge is 0.347 e. The Morgan fingerprint density at radius 3 is 2.71 bits per heavy atom. The van der Waals surface area contributed by atoms with Crippen LogP contribution >= 0.6 is 11.5 Å². The van der Waals surface area contributed by atoms with Gasteiger partial charge < -0.3 is 10.6 Å². The molecule has 4 nitrogen and oxygen atoms in total. The molecule has 14 heavy (non-hydrogen) atoms. The maximum atomic E-state index is 5.87. The SMILES string of the molecule is CN(c1ncns1)C1CCC(N)CC1. The van der Waals surface area contributed by atoms with E-state index in [0.717, 1.165) is 18.0 Å². The number of anilines is 1. The van der Waals surface area contributed by atoms with E-state index in [9.17, 15) is 0 Å². The first kappa shape index (κ1) is 9.86. The second-order valence-electron chi connectivity index (χ2n) is 3.90. The molecule has 1 heterocycles. The van der Waals surface area contributed by atoms with Crippen molar-refractivity contribution in [2.75, 3.05) is 11.9 Å². The van der Waals surface area contributed by atoms with Gasteiger partial charge in [0.15, 0.2) is 0 Å². The average molecular weight is 212 g/mol. The molecule has 0 radical (unpaired) electrons. The van der Waals surface area contributed by atoms with Crippen LogP contribution in [0.1, 0.15) is 25.7 Å². The Kier molecular flexibility index (Phi) is 2.98. The molecule has 1 saturated carbocycles. The molecule has 2 N–H and O–H groups in total. The first-order valence-electron chi connectivity index (χ1n) is 5.02. The molecule has 0 aliphatic heterocycles. The molecule has 1 aliphatic rings. The zero-order chi connectivity index (χ0) is 9.97. The second-order valence-corrected chi connectivity index (χ2v) is 4.66. The van der Waals surface area contributed by atoms with Gasteiger partial charge in [0.05, 0.1) is 0 Å². The molecule has 1 fully saturated rings. The molecule has 5 heteroatoms. The first-order valence-corrected chi connectivity index (χ1v) is 5.80. The van der Waals surface area contributed by atoms with E-state index < -0.39 is 0 Å². The molecule has 2 rings (SSSR count). The van der Waals surface area contributed by atoms with Crippen molar-refractivity contribution in [2.24, 2.45) is 5.73 Å². The lowest BCUT2D eigenvalue weighted by Gasteiger charge is -2.32. The Morgan fingerprint density at radius 1 is 1.43 bits per heavy atom. The molecule has 0 unspecified atom stereocenters. The number of aromatic nitrogens is 2. The van der Waals surface area contributed by atoms with Crippen LogP contribution in [0.25, 0.3) is 0 Å². The van der Waals surface area contributed by atoms with Crippen LogP contribution in [0, 0.1) is 0 Å². The molecule has 78 valence electrons. The summed E-state index contributed by atoms with van der Waals surface area (Å²) in [4.78, 5) is 6.45. The van der Waals surface area contributed by atoms with Gasteiger partial charge in [0.2, 0.25) is 5.13 Å². The van der Waals surface area contributed by atoms with E-state index >= 15 is 0 Å². The predicted molar refractivity (Wildman–Crippen MR) is 58.5 cm³/mol. The highest BCUT2D eigenvalue weighted by Crippen LogP contribution is 2.25. The van der Waals surface area contributed by atoms with Crippen LogP contribution in [0.2, 0.25) is 0 Å². The molecule has 0 saturated heterocycles. The van der Waals surface area contributed by atoms with Crippen LogP contribution in [0.15, 0.2) is 6.33 Å². The summed E-state index contributed by atoms with van der Waals surface area (Å²) >= 11 is 1.46. The van der Waals surface area contributed by atoms with Gasteiger partial charge in [-0.05, 0) is 25.7 Å². The summed E-state index contributed by atoms with van der Waals surface area (Å²) in [6.45, 7) is 0. The fraction of sp³-hybridized carbons (Fsp3) is 0.778. The van der Waals surface area contributed by atoms with Crippen LogP contribution in [-0.2, 0) is 0 Å². The third kappa shape index (κ3) is 2.04. The summed E-state index contributed by atoms with van der Waals surface area (Å²) < 4.78 is 4.02. The highest BCUT2D eigenvalue weighted by molar-refractivity contribution is 7.09. The minimum absolute atomic E-state index is 0.411. The summed E-state index contributed by atoms with van der Waals surface area (Å²) in [5, 5.41) is 1.02. The van der Waals surface area contributed by atoms with Crippen molar-refractivity contribution in [2.45, 2.75) is 37.8 Å². The third-order valence-electron chi connectivity index (χ3n) is 2.94. The number of hydrogen-bond donors (Lipinski definition) is 1. The van der Waals surface area contributed by atoms with Crippen molar-refractivity contribution in [1.82, 2.24) is 9.36 Å². The van der Waals surface area contributed by atoms with Gasteiger partial charge in [-0.2, -0.15) is 4.37 Å². The molecule has 0 aromatic carbocycles. The summed E-state index contributed by atoms with van der Waals surface area (Å²) in [5.41, 5.74) is 5.87. The number of hydrogen-bond acceptors (Lipinski definition) is 5. The van der Waals surface area contributed by atoms with Crippen LogP contribution in [0.5, 0.6) is 0 Å². The van der Waals surface area contributed by atoms with Crippen molar-refractivity contribution in [1.29, 1.82) is 0 Å². The lowest BCUT2D eigenvalue weighted by Crippen LogP contribution is -2.38. The smallest absolute Gasteiger partial charge is 0.204 e. The Balaban J connectivity index is 1.95. The number of nitrogens with two attached hydrogens (primary N) is 1. The maximum absolute atomic E-state index is 5.87. The molecular formula is C9H16N4S. The van der Waals surface area contributed by atoms with E-state index in [1.54, 1.807) is 6.33 Å². The molecular weight excluding hydrogens is 196 g/mol. The standard InChI is InChI=1S/C9H16N4S/c1-13(9-11-6-12-14-9)8-4-2-7(10)3-5-8/h6-8H,2-5,10H2,1H3. The van der Waals surface area contributed by atoms with E-state index in [-0.39, 0.29) is 0 Å². The number of rotatable bonds is 2. The van der Waals surface area contributed by atoms with Crippen molar-refractivity contribution >= 4 is 16.7 Å². The van der Waals surface area contributed by atoms with Gasteiger partial charge in [-0.3, -0.25) is 0 Å². The zero-order valence-electron chi connectivity index (χ0n) is 8.39. The van der Waals surface area contributed by atoms with E-state index in [1.807, 2.05) is 0 Å². The molecule has 0 amide bonds. The van der Waals surface area contributed by atoms with Gasteiger partial charge in [0.1, 0.15) is 6.33 Å². The molecule has 1 aliphatic carbocycles. The first-order chi connectivity index (χ1) is 6.77. The topological polar surface area (TPSA) is 55.0 Å². The fourth-order valence-corrected chi connectivity index (χ4v) is 2.53. The van der Waals surface area contributed by atoms with Crippen molar-refractivity contribution in [3.63, 3.8) is 0 Å². The van der Waals surface area contributed by atoms with Gasteiger partial charge in [-0.1, -0.05) is 0 Å². The Hall–Kier alpha value is -0.680. The number of nitrogens with zero attached hydrogens (tertiary/aromatic N) is 3. The molecule has 0 atom stereocenters. The van der Waals surface area contributed by atoms with Crippen molar-refractivity contribution < 1.29 is 0 Å². The van der Waals surface area contributed by atoms with E-state index in [1.165, 1.54) is 24.4 Å². The second kappa shape index (κ2) is 4.23. The van der Waals surface area contributed by atoms with E-state index in [0.29, 0.717) is 12.1 Å². The minimum atomic E-state index is 0.411. The van der Waals surface area contributed by atoms with Crippen molar-refractivity contribution in [3.05, 3.63) is 6.33 Å². The zero-order valence-corrected chi connectivity index (χ0v) is 9.20. The summed E-state index contributed by atoms with van der Waals surface area (Å²) in [6.07, 6.45) is 6.24. The normalized spacial score (nSPS) is 27.6. The summed E-state index contributed by atoms with van der Waals surface area (Å²) in [5.74, 6) is 0. The highest BCUT2D eigenvalue weighted by Gasteiger charge is 2.23. The van der Waals surface area contributed by atoms with Crippen LogP contribution < -0.4 is 10.6 Å². The molecule has 0 spiro atoms.